The van der Waals surface area contributed by atoms with Crippen molar-refractivity contribution >= 4 is 23.2 Å². The van der Waals surface area contributed by atoms with Gasteiger partial charge in [0.2, 0.25) is 0 Å². The van der Waals surface area contributed by atoms with Gasteiger partial charge in [0.1, 0.15) is 5.65 Å². The van der Waals surface area contributed by atoms with Gasteiger partial charge in [-0.05, 0) is 35.7 Å². The van der Waals surface area contributed by atoms with E-state index < -0.39 is 17.7 Å². The van der Waals surface area contributed by atoms with E-state index in [2.05, 4.69) is 4.98 Å². The summed E-state index contributed by atoms with van der Waals surface area (Å²) in [6.45, 7) is 3.81. The summed E-state index contributed by atoms with van der Waals surface area (Å²) in [7, 11) is 0. The van der Waals surface area contributed by atoms with Gasteiger partial charge in [0.25, 0.3) is 0 Å². The standard InChI is InChI=1S/C19H16ClF3N2O2/c1-10(2)17-15(24-16-8-12(18(26)27)5-6-25(16)17)7-11-3-4-13(20)9-14(11)19(21,22)23/h3-6,8-10H,7H2,1-2H3,(H,26,27). The minimum absolute atomic E-state index is 0.0104. The van der Waals surface area contributed by atoms with E-state index in [0.29, 0.717) is 11.3 Å². The van der Waals surface area contributed by atoms with Crippen LogP contribution in [-0.4, -0.2) is 20.5 Å². The molecule has 0 aliphatic carbocycles. The third-order valence-electron chi connectivity index (χ3n) is 4.27. The third-order valence-corrected chi connectivity index (χ3v) is 4.50. The van der Waals surface area contributed by atoms with Crippen LogP contribution in [0.5, 0.6) is 0 Å². The Morgan fingerprint density at radius 3 is 2.56 bits per heavy atom. The molecule has 0 spiro atoms. The molecule has 1 N–H and O–H groups in total. The normalized spacial score (nSPS) is 12.1. The van der Waals surface area contributed by atoms with Crippen molar-refractivity contribution in [2.45, 2.75) is 32.4 Å². The average molecular weight is 397 g/mol. The van der Waals surface area contributed by atoms with E-state index in [9.17, 15) is 18.0 Å². The van der Waals surface area contributed by atoms with Gasteiger partial charge in [-0.25, -0.2) is 9.78 Å². The number of alkyl halides is 3. The van der Waals surface area contributed by atoms with Gasteiger partial charge in [-0.1, -0.05) is 31.5 Å². The molecule has 3 rings (SSSR count). The van der Waals surface area contributed by atoms with Crippen LogP contribution >= 0.6 is 11.6 Å². The SMILES string of the molecule is CC(C)c1c(Cc2ccc(Cl)cc2C(F)(F)F)nc2cc(C(=O)O)ccn12. The van der Waals surface area contributed by atoms with Gasteiger partial charge in [-0.15, -0.1) is 0 Å². The zero-order valence-corrected chi connectivity index (χ0v) is 15.3. The maximum absolute atomic E-state index is 13.4. The van der Waals surface area contributed by atoms with Crippen LogP contribution in [-0.2, 0) is 12.6 Å². The molecule has 2 heterocycles. The minimum Gasteiger partial charge on any atom is -0.478 e. The highest BCUT2D eigenvalue weighted by Gasteiger charge is 2.34. The Labute approximate surface area is 158 Å². The Balaban J connectivity index is 2.15. The highest BCUT2D eigenvalue weighted by molar-refractivity contribution is 6.30. The van der Waals surface area contributed by atoms with Crippen LogP contribution in [0.1, 0.15) is 52.6 Å². The summed E-state index contributed by atoms with van der Waals surface area (Å²) < 4.78 is 41.9. The zero-order chi connectivity index (χ0) is 19.9. The van der Waals surface area contributed by atoms with Gasteiger partial charge in [-0.2, -0.15) is 13.2 Å². The van der Waals surface area contributed by atoms with Crippen molar-refractivity contribution in [3.63, 3.8) is 0 Å². The fourth-order valence-corrected chi connectivity index (χ4v) is 3.31. The van der Waals surface area contributed by atoms with E-state index in [-0.39, 0.29) is 28.5 Å². The number of fused-ring (bicyclic) bond motifs is 1. The van der Waals surface area contributed by atoms with Crippen molar-refractivity contribution in [1.29, 1.82) is 0 Å². The first kappa shape index (κ1) is 19.2. The summed E-state index contributed by atoms with van der Waals surface area (Å²) in [6, 6.07) is 6.52. The number of aromatic carboxylic acids is 1. The number of carboxylic acid groups (broad SMARTS) is 1. The zero-order valence-electron chi connectivity index (χ0n) is 14.5. The molecule has 0 bridgehead atoms. The minimum atomic E-state index is -4.53. The number of benzene rings is 1. The first-order chi connectivity index (χ1) is 12.6. The number of carbonyl (C=O) groups is 1. The number of rotatable bonds is 4. The molecule has 1 aromatic carbocycles. The number of pyridine rings is 1. The highest BCUT2D eigenvalue weighted by atomic mass is 35.5. The first-order valence-corrected chi connectivity index (χ1v) is 8.55. The van der Waals surface area contributed by atoms with Crippen LogP contribution in [0.2, 0.25) is 5.02 Å². The van der Waals surface area contributed by atoms with Gasteiger partial charge in [0.15, 0.2) is 0 Å². The second-order valence-corrected chi connectivity index (χ2v) is 6.96. The quantitative estimate of drug-likeness (QED) is 0.640. The lowest BCUT2D eigenvalue weighted by atomic mass is 9.99. The molecule has 8 heteroatoms. The molecule has 0 radical (unpaired) electrons. The summed E-state index contributed by atoms with van der Waals surface area (Å²) in [5.41, 5.74) is 0.932. The first-order valence-electron chi connectivity index (χ1n) is 8.17. The predicted molar refractivity (Wildman–Crippen MR) is 95.5 cm³/mol. The molecule has 27 heavy (non-hydrogen) atoms. The van der Waals surface area contributed by atoms with Crippen LogP contribution in [0.25, 0.3) is 5.65 Å². The molecule has 0 atom stereocenters. The van der Waals surface area contributed by atoms with Gasteiger partial charge in [-0.3, -0.25) is 0 Å². The van der Waals surface area contributed by atoms with Gasteiger partial charge in [0, 0.05) is 23.3 Å². The van der Waals surface area contributed by atoms with Crippen molar-refractivity contribution in [2.24, 2.45) is 0 Å². The summed E-state index contributed by atoms with van der Waals surface area (Å²) in [4.78, 5) is 15.6. The Kier molecular flexibility index (Phi) is 4.90. The fourth-order valence-electron chi connectivity index (χ4n) is 3.13. The topological polar surface area (TPSA) is 54.6 Å². The van der Waals surface area contributed by atoms with Crippen molar-refractivity contribution in [2.75, 3.05) is 0 Å². The van der Waals surface area contributed by atoms with E-state index in [1.165, 1.54) is 24.3 Å². The summed E-state index contributed by atoms with van der Waals surface area (Å²) in [6.07, 6.45) is -2.99. The molecular weight excluding hydrogens is 381 g/mol. The largest absolute Gasteiger partial charge is 0.478 e. The molecule has 2 aromatic heterocycles. The molecule has 0 fully saturated rings. The van der Waals surface area contributed by atoms with Crippen molar-refractivity contribution in [3.8, 4) is 0 Å². The molecular formula is C19H16ClF3N2O2. The van der Waals surface area contributed by atoms with Crippen LogP contribution in [0.4, 0.5) is 13.2 Å². The molecule has 0 saturated heterocycles. The van der Waals surface area contributed by atoms with E-state index in [1.54, 1.807) is 10.6 Å². The monoisotopic (exact) mass is 396 g/mol. The van der Waals surface area contributed by atoms with Gasteiger partial charge < -0.3 is 9.51 Å². The Morgan fingerprint density at radius 1 is 1.26 bits per heavy atom. The summed E-state index contributed by atoms with van der Waals surface area (Å²) >= 11 is 5.74. The molecule has 0 saturated carbocycles. The Hall–Kier alpha value is -2.54. The number of nitrogens with zero attached hydrogens (tertiary/aromatic N) is 2. The number of aromatic nitrogens is 2. The average Bonchev–Trinajstić information content (AvgIpc) is 2.92. The summed E-state index contributed by atoms with van der Waals surface area (Å²) in [5.74, 6) is -1.11. The molecule has 3 aromatic rings. The van der Waals surface area contributed by atoms with E-state index in [1.807, 2.05) is 13.8 Å². The third kappa shape index (κ3) is 3.78. The lowest BCUT2D eigenvalue weighted by Gasteiger charge is -2.14. The van der Waals surface area contributed by atoms with Gasteiger partial charge >= 0.3 is 12.1 Å². The van der Waals surface area contributed by atoms with Crippen LogP contribution < -0.4 is 0 Å². The van der Waals surface area contributed by atoms with Crippen LogP contribution in [0, 0.1) is 0 Å². The number of hydrogen-bond donors (Lipinski definition) is 1. The second-order valence-electron chi connectivity index (χ2n) is 6.52. The van der Waals surface area contributed by atoms with Gasteiger partial charge in [0.05, 0.1) is 16.8 Å². The van der Waals surface area contributed by atoms with Crippen molar-refractivity contribution in [3.05, 3.63) is 69.6 Å². The molecule has 0 amide bonds. The molecule has 142 valence electrons. The molecule has 0 aliphatic heterocycles. The molecule has 4 nitrogen and oxygen atoms in total. The number of carboxylic acids is 1. The second kappa shape index (κ2) is 6.88. The highest BCUT2D eigenvalue weighted by Crippen LogP contribution is 2.35. The van der Waals surface area contributed by atoms with E-state index in [0.717, 1.165) is 11.8 Å². The maximum atomic E-state index is 13.4. The molecule has 0 unspecified atom stereocenters. The predicted octanol–water partition coefficient (Wildman–Crippen LogP) is 5.42. The Morgan fingerprint density at radius 2 is 1.96 bits per heavy atom. The van der Waals surface area contributed by atoms with Crippen LogP contribution in [0.15, 0.2) is 36.5 Å². The number of imidazole rings is 1. The van der Waals surface area contributed by atoms with E-state index >= 15 is 0 Å². The fraction of sp³-hybridized carbons (Fsp3) is 0.263. The smallest absolute Gasteiger partial charge is 0.416 e. The Bertz CT molecular complexity index is 1030. The van der Waals surface area contributed by atoms with Crippen molar-refractivity contribution < 1.29 is 23.1 Å². The lowest BCUT2D eigenvalue weighted by Crippen LogP contribution is -2.10. The van der Waals surface area contributed by atoms with Crippen molar-refractivity contribution in [1.82, 2.24) is 9.38 Å². The number of hydrogen-bond acceptors (Lipinski definition) is 2. The number of halogens is 4. The maximum Gasteiger partial charge on any atom is 0.416 e. The van der Waals surface area contributed by atoms with Crippen LogP contribution in [0.3, 0.4) is 0 Å². The molecule has 0 aliphatic rings. The van der Waals surface area contributed by atoms with E-state index in [4.69, 9.17) is 16.7 Å². The summed E-state index contributed by atoms with van der Waals surface area (Å²) in [5, 5.41) is 9.15. The lowest BCUT2D eigenvalue weighted by molar-refractivity contribution is -0.138.